The van der Waals surface area contributed by atoms with Crippen LogP contribution in [0.25, 0.3) is 0 Å². The summed E-state index contributed by atoms with van der Waals surface area (Å²) >= 11 is 0. The highest BCUT2D eigenvalue weighted by molar-refractivity contribution is 5.96. The minimum Gasteiger partial charge on any atom is -0.333 e. The van der Waals surface area contributed by atoms with Crippen LogP contribution in [0.4, 0.5) is 19.1 Å². The molecule has 1 aliphatic rings. The Bertz CT molecular complexity index is 526. The first-order valence-electron chi connectivity index (χ1n) is 5.91. The van der Waals surface area contributed by atoms with Crippen molar-refractivity contribution in [1.29, 1.82) is 0 Å². The van der Waals surface area contributed by atoms with E-state index in [4.69, 9.17) is 0 Å². The second kappa shape index (κ2) is 5.14. The largest absolute Gasteiger partial charge is 0.406 e. The Morgan fingerprint density at radius 1 is 1.60 bits per heavy atom. The summed E-state index contributed by atoms with van der Waals surface area (Å²) in [6.07, 6.45) is -3.17. The maximum atomic E-state index is 12.2. The molecule has 0 aromatic carbocycles. The average Bonchev–Trinajstić information content (AvgIpc) is 2.85. The van der Waals surface area contributed by atoms with E-state index in [-0.39, 0.29) is 18.9 Å². The van der Waals surface area contributed by atoms with Crippen LogP contribution in [0.3, 0.4) is 0 Å². The molecule has 1 atom stereocenters. The quantitative estimate of drug-likeness (QED) is 0.874. The molecule has 110 valence electrons. The van der Waals surface area contributed by atoms with Gasteiger partial charge in [-0.05, 0) is 6.92 Å². The van der Waals surface area contributed by atoms with Gasteiger partial charge in [0.05, 0.1) is 5.92 Å². The monoisotopic (exact) mass is 290 g/mol. The third kappa shape index (κ3) is 3.49. The molecule has 9 heteroatoms. The molecule has 1 aromatic heterocycles. The van der Waals surface area contributed by atoms with Gasteiger partial charge in [-0.25, -0.2) is 4.98 Å². The maximum absolute atomic E-state index is 12.2. The van der Waals surface area contributed by atoms with Crippen molar-refractivity contribution in [3.05, 3.63) is 11.9 Å². The first kappa shape index (κ1) is 14.4. The van der Waals surface area contributed by atoms with Gasteiger partial charge in [0.1, 0.15) is 6.54 Å². The van der Waals surface area contributed by atoms with Gasteiger partial charge in [0.25, 0.3) is 0 Å². The van der Waals surface area contributed by atoms with Crippen LogP contribution < -0.4 is 5.32 Å². The number of hydrogen-bond donors (Lipinski definition) is 2. The van der Waals surface area contributed by atoms with E-state index in [9.17, 15) is 22.8 Å². The number of hydrogen-bond acceptors (Lipinski definition) is 3. The predicted molar refractivity (Wildman–Crippen MR) is 62.7 cm³/mol. The molecule has 2 N–H and O–H groups in total. The Kier molecular flexibility index (Phi) is 3.69. The van der Waals surface area contributed by atoms with E-state index in [1.807, 2.05) is 0 Å². The van der Waals surface area contributed by atoms with Gasteiger partial charge in [-0.15, -0.1) is 0 Å². The van der Waals surface area contributed by atoms with Gasteiger partial charge >= 0.3 is 6.18 Å². The molecular weight excluding hydrogens is 277 g/mol. The highest BCUT2D eigenvalue weighted by Gasteiger charge is 2.40. The van der Waals surface area contributed by atoms with Gasteiger partial charge in [-0.2, -0.15) is 13.2 Å². The summed E-state index contributed by atoms with van der Waals surface area (Å²) in [4.78, 5) is 30.6. The predicted octanol–water partition coefficient (Wildman–Crippen LogP) is 1.07. The molecule has 0 unspecified atom stereocenters. The van der Waals surface area contributed by atoms with Crippen LogP contribution in [0.1, 0.15) is 12.1 Å². The summed E-state index contributed by atoms with van der Waals surface area (Å²) in [7, 11) is 0. The van der Waals surface area contributed by atoms with Crippen molar-refractivity contribution in [3.8, 4) is 0 Å². The molecule has 20 heavy (non-hydrogen) atoms. The van der Waals surface area contributed by atoms with Crippen LogP contribution >= 0.6 is 0 Å². The van der Waals surface area contributed by atoms with Gasteiger partial charge in [-0.3, -0.25) is 14.9 Å². The number of aromatic amines is 1. The molecule has 2 heterocycles. The molecule has 0 saturated carbocycles. The lowest BCUT2D eigenvalue weighted by Crippen LogP contribution is -2.36. The van der Waals surface area contributed by atoms with Crippen molar-refractivity contribution in [2.75, 3.05) is 18.4 Å². The summed E-state index contributed by atoms with van der Waals surface area (Å²) in [6, 6.07) is 0. The average molecular weight is 290 g/mol. The normalized spacial score (nSPS) is 19.5. The Balaban J connectivity index is 1.94. The molecule has 1 aromatic rings. The number of likely N-dealkylation sites (tertiary alicyclic amines) is 1. The number of H-pyrrole nitrogens is 1. The van der Waals surface area contributed by atoms with E-state index >= 15 is 0 Å². The maximum Gasteiger partial charge on any atom is 0.406 e. The number of carbonyl (C=O) groups excluding carboxylic acids is 2. The number of anilines is 1. The lowest BCUT2D eigenvalue weighted by molar-refractivity contribution is -0.157. The van der Waals surface area contributed by atoms with Gasteiger partial charge in [0, 0.05) is 24.9 Å². The lowest BCUT2D eigenvalue weighted by Gasteiger charge is -2.18. The van der Waals surface area contributed by atoms with Crippen LogP contribution in [0.15, 0.2) is 6.20 Å². The molecule has 1 saturated heterocycles. The van der Waals surface area contributed by atoms with Crippen molar-refractivity contribution in [2.24, 2.45) is 5.92 Å². The molecule has 0 aliphatic carbocycles. The van der Waals surface area contributed by atoms with E-state index in [0.29, 0.717) is 4.90 Å². The second-order valence-electron chi connectivity index (χ2n) is 4.69. The fraction of sp³-hybridized carbons (Fsp3) is 0.545. The van der Waals surface area contributed by atoms with Crippen LogP contribution in [0.2, 0.25) is 0 Å². The van der Waals surface area contributed by atoms with E-state index in [1.54, 1.807) is 6.92 Å². The van der Waals surface area contributed by atoms with Gasteiger partial charge in [0.15, 0.2) is 0 Å². The SMILES string of the molecule is Cc1cnc(NC(=O)[C@@H]2CC(=O)N(CC(F)(F)F)C2)[nH]1. The van der Waals surface area contributed by atoms with E-state index in [1.165, 1.54) is 6.20 Å². The molecule has 2 rings (SSSR count). The summed E-state index contributed by atoms with van der Waals surface area (Å²) in [5.41, 5.74) is 0.737. The number of nitrogens with one attached hydrogen (secondary N) is 2. The van der Waals surface area contributed by atoms with Crippen LogP contribution in [0.5, 0.6) is 0 Å². The third-order valence-corrected chi connectivity index (χ3v) is 2.90. The van der Waals surface area contributed by atoms with E-state index in [2.05, 4.69) is 15.3 Å². The number of alkyl halides is 3. The Hall–Kier alpha value is -2.06. The van der Waals surface area contributed by atoms with E-state index < -0.39 is 30.5 Å². The number of aryl methyl sites for hydroxylation is 1. The first-order valence-corrected chi connectivity index (χ1v) is 5.91. The summed E-state index contributed by atoms with van der Waals surface area (Å²) < 4.78 is 36.7. The molecule has 6 nitrogen and oxygen atoms in total. The van der Waals surface area contributed by atoms with Crippen molar-refractivity contribution < 1.29 is 22.8 Å². The number of imidazole rings is 1. The number of rotatable bonds is 3. The first-order chi connectivity index (χ1) is 9.24. The zero-order chi connectivity index (χ0) is 14.9. The zero-order valence-electron chi connectivity index (χ0n) is 10.6. The van der Waals surface area contributed by atoms with Crippen LogP contribution in [-0.4, -0.2) is 45.9 Å². The molecule has 1 aliphatic heterocycles. The van der Waals surface area contributed by atoms with Crippen molar-refractivity contribution >= 4 is 17.8 Å². The zero-order valence-corrected chi connectivity index (χ0v) is 10.6. The highest BCUT2D eigenvalue weighted by Crippen LogP contribution is 2.24. The molecule has 1 fully saturated rings. The Labute approximate surface area is 112 Å². The standard InChI is InChI=1S/C11H13F3N4O2/c1-6-3-15-10(16-6)17-9(20)7-2-8(19)18(4-7)5-11(12,13)14/h3,7H,2,4-5H2,1H3,(H2,15,16,17,20)/t7-/m1/s1. The van der Waals surface area contributed by atoms with Gasteiger partial charge < -0.3 is 9.88 Å². The third-order valence-electron chi connectivity index (χ3n) is 2.90. The topological polar surface area (TPSA) is 78.1 Å². The lowest BCUT2D eigenvalue weighted by atomic mass is 10.1. The fourth-order valence-electron chi connectivity index (χ4n) is 2.01. The van der Waals surface area contributed by atoms with Crippen molar-refractivity contribution in [1.82, 2.24) is 14.9 Å². The molecular formula is C11H13F3N4O2. The molecule has 2 amide bonds. The number of amides is 2. The van der Waals surface area contributed by atoms with Crippen LogP contribution in [-0.2, 0) is 9.59 Å². The number of aromatic nitrogens is 2. The minimum atomic E-state index is -4.46. The fourth-order valence-corrected chi connectivity index (χ4v) is 2.01. The number of halogens is 3. The second-order valence-corrected chi connectivity index (χ2v) is 4.69. The Morgan fingerprint density at radius 2 is 2.30 bits per heavy atom. The molecule has 0 spiro atoms. The minimum absolute atomic E-state index is 0.217. The molecule has 0 radical (unpaired) electrons. The van der Waals surface area contributed by atoms with Crippen LogP contribution in [0, 0.1) is 12.8 Å². The summed E-state index contributed by atoms with van der Waals surface area (Å²) in [6.45, 7) is 0.187. The molecule has 0 bridgehead atoms. The summed E-state index contributed by atoms with van der Waals surface area (Å²) in [5.74, 6) is -1.76. The number of carbonyl (C=O) groups is 2. The van der Waals surface area contributed by atoms with Crippen molar-refractivity contribution in [2.45, 2.75) is 19.5 Å². The van der Waals surface area contributed by atoms with Gasteiger partial charge in [0.2, 0.25) is 17.8 Å². The Morgan fingerprint density at radius 3 is 2.85 bits per heavy atom. The number of nitrogens with zero attached hydrogens (tertiary/aromatic N) is 2. The van der Waals surface area contributed by atoms with E-state index in [0.717, 1.165) is 5.69 Å². The summed E-state index contributed by atoms with van der Waals surface area (Å²) in [5, 5.41) is 2.44. The van der Waals surface area contributed by atoms with Gasteiger partial charge in [-0.1, -0.05) is 0 Å². The highest BCUT2D eigenvalue weighted by atomic mass is 19.4. The van der Waals surface area contributed by atoms with Crippen molar-refractivity contribution in [3.63, 3.8) is 0 Å². The smallest absolute Gasteiger partial charge is 0.333 e.